The fraction of sp³-hybridized carbons (Fsp3) is 0.667. The van der Waals surface area contributed by atoms with E-state index in [1.165, 1.54) is 5.82 Å². The predicted molar refractivity (Wildman–Crippen MR) is 46.4 cm³/mol. The molecular formula is C9H16N2. The van der Waals surface area contributed by atoms with Gasteiger partial charge in [0.2, 0.25) is 0 Å². The van der Waals surface area contributed by atoms with Crippen LogP contribution in [0.25, 0.3) is 0 Å². The van der Waals surface area contributed by atoms with Crippen molar-refractivity contribution in [3.63, 3.8) is 0 Å². The van der Waals surface area contributed by atoms with Crippen LogP contribution in [0.15, 0.2) is 12.4 Å². The molecule has 2 nitrogen and oxygen atoms in total. The highest BCUT2D eigenvalue weighted by atomic mass is 15.0. The molecule has 0 amide bonds. The molecule has 0 saturated carbocycles. The second kappa shape index (κ2) is 3.56. The molecule has 0 aliphatic heterocycles. The first-order chi connectivity index (χ1) is 5.24. The van der Waals surface area contributed by atoms with Crippen LogP contribution >= 0.6 is 0 Å². The maximum Gasteiger partial charge on any atom is 0.108 e. The third-order valence-corrected chi connectivity index (χ3v) is 1.73. The molecule has 0 fully saturated rings. The Morgan fingerprint density at radius 3 is 2.82 bits per heavy atom. The van der Waals surface area contributed by atoms with Gasteiger partial charge in [-0.15, -0.1) is 0 Å². The minimum atomic E-state index is 0.697. The van der Waals surface area contributed by atoms with Gasteiger partial charge in [-0.1, -0.05) is 13.8 Å². The van der Waals surface area contributed by atoms with E-state index >= 15 is 0 Å². The van der Waals surface area contributed by atoms with Gasteiger partial charge in [0.05, 0.1) is 0 Å². The number of hydrogen-bond acceptors (Lipinski definition) is 1. The van der Waals surface area contributed by atoms with Crippen LogP contribution in [-0.2, 0) is 13.0 Å². The van der Waals surface area contributed by atoms with Crippen molar-refractivity contribution in [3.05, 3.63) is 18.2 Å². The fourth-order valence-electron chi connectivity index (χ4n) is 1.18. The monoisotopic (exact) mass is 152 g/mol. The Morgan fingerprint density at radius 2 is 2.27 bits per heavy atom. The zero-order chi connectivity index (χ0) is 8.27. The number of hydrogen-bond donors (Lipinski definition) is 0. The maximum atomic E-state index is 4.29. The molecule has 0 aromatic carbocycles. The molecule has 1 heterocycles. The van der Waals surface area contributed by atoms with E-state index in [9.17, 15) is 0 Å². The molecule has 0 N–H and O–H groups in total. The van der Waals surface area contributed by atoms with Crippen molar-refractivity contribution >= 4 is 0 Å². The van der Waals surface area contributed by atoms with Crippen LogP contribution in [0.5, 0.6) is 0 Å². The first kappa shape index (κ1) is 8.31. The first-order valence-corrected chi connectivity index (χ1v) is 4.24. The highest BCUT2D eigenvalue weighted by Gasteiger charge is 2.02. The Kier molecular flexibility index (Phi) is 2.69. The van der Waals surface area contributed by atoms with Crippen molar-refractivity contribution in [1.29, 1.82) is 0 Å². The van der Waals surface area contributed by atoms with Gasteiger partial charge in [0.25, 0.3) is 0 Å². The molecule has 11 heavy (non-hydrogen) atoms. The van der Waals surface area contributed by atoms with Crippen LogP contribution in [0.3, 0.4) is 0 Å². The molecule has 2 heteroatoms. The highest BCUT2D eigenvalue weighted by Crippen LogP contribution is 2.05. The summed E-state index contributed by atoms with van der Waals surface area (Å²) >= 11 is 0. The number of nitrogens with zero attached hydrogens (tertiary/aromatic N) is 2. The topological polar surface area (TPSA) is 17.8 Å². The smallest absolute Gasteiger partial charge is 0.108 e. The van der Waals surface area contributed by atoms with Gasteiger partial charge in [-0.05, 0) is 12.8 Å². The van der Waals surface area contributed by atoms with Gasteiger partial charge < -0.3 is 4.57 Å². The van der Waals surface area contributed by atoms with Crippen LogP contribution in [-0.4, -0.2) is 9.55 Å². The van der Waals surface area contributed by atoms with Gasteiger partial charge in [-0.3, -0.25) is 0 Å². The summed E-state index contributed by atoms with van der Waals surface area (Å²) in [4.78, 5) is 4.29. The molecular weight excluding hydrogens is 136 g/mol. The average Bonchev–Trinajstić information content (AvgIpc) is 2.34. The molecule has 1 rings (SSSR count). The van der Waals surface area contributed by atoms with Crippen LogP contribution in [0.4, 0.5) is 0 Å². The number of imidazole rings is 1. The van der Waals surface area contributed by atoms with Crippen LogP contribution in [0.1, 0.15) is 26.6 Å². The lowest BCUT2D eigenvalue weighted by Gasteiger charge is -2.06. The van der Waals surface area contributed by atoms with Crippen molar-refractivity contribution in [2.75, 3.05) is 0 Å². The van der Waals surface area contributed by atoms with E-state index in [1.54, 1.807) is 0 Å². The Labute approximate surface area is 68.3 Å². The normalized spacial score (nSPS) is 10.9. The molecule has 1 aromatic rings. The van der Waals surface area contributed by atoms with Gasteiger partial charge >= 0.3 is 0 Å². The summed E-state index contributed by atoms with van der Waals surface area (Å²) < 4.78 is 2.19. The lowest BCUT2D eigenvalue weighted by atomic mass is 10.1. The Hall–Kier alpha value is -0.790. The van der Waals surface area contributed by atoms with Crippen LogP contribution < -0.4 is 0 Å². The molecule has 0 unspecified atom stereocenters. The molecule has 0 aliphatic carbocycles. The van der Waals surface area contributed by atoms with E-state index in [0.717, 1.165) is 13.0 Å². The molecule has 0 aliphatic rings. The van der Waals surface area contributed by atoms with E-state index in [0.29, 0.717) is 5.92 Å². The zero-order valence-corrected chi connectivity index (χ0v) is 7.54. The van der Waals surface area contributed by atoms with Gasteiger partial charge in [0.1, 0.15) is 5.82 Å². The third kappa shape index (κ3) is 2.07. The second-order valence-electron chi connectivity index (χ2n) is 3.23. The fourth-order valence-corrected chi connectivity index (χ4v) is 1.18. The largest absolute Gasteiger partial charge is 0.335 e. The molecule has 0 atom stereocenters. The van der Waals surface area contributed by atoms with Crippen molar-refractivity contribution in [2.45, 2.75) is 33.7 Å². The highest BCUT2D eigenvalue weighted by molar-refractivity contribution is 4.92. The maximum absolute atomic E-state index is 4.29. The summed E-state index contributed by atoms with van der Waals surface area (Å²) in [5, 5.41) is 0. The van der Waals surface area contributed by atoms with E-state index in [4.69, 9.17) is 0 Å². The quantitative estimate of drug-likeness (QED) is 0.648. The lowest BCUT2D eigenvalue weighted by molar-refractivity contribution is 0.584. The number of aromatic nitrogens is 2. The third-order valence-electron chi connectivity index (χ3n) is 1.73. The number of aryl methyl sites for hydroxylation is 1. The van der Waals surface area contributed by atoms with Crippen molar-refractivity contribution in [2.24, 2.45) is 5.92 Å². The van der Waals surface area contributed by atoms with E-state index < -0.39 is 0 Å². The summed E-state index contributed by atoms with van der Waals surface area (Å²) in [5.74, 6) is 1.91. The summed E-state index contributed by atoms with van der Waals surface area (Å²) in [6.07, 6.45) is 5.00. The van der Waals surface area contributed by atoms with Crippen LogP contribution in [0.2, 0.25) is 0 Å². The second-order valence-corrected chi connectivity index (χ2v) is 3.23. The van der Waals surface area contributed by atoms with Crippen LogP contribution in [0, 0.1) is 5.92 Å². The van der Waals surface area contributed by atoms with Crippen molar-refractivity contribution in [1.82, 2.24) is 9.55 Å². The summed E-state index contributed by atoms with van der Waals surface area (Å²) in [6.45, 7) is 7.61. The summed E-state index contributed by atoms with van der Waals surface area (Å²) in [5.41, 5.74) is 0. The predicted octanol–water partition coefficient (Wildman–Crippen LogP) is 2.10. The molecule has 1 aromatic heterocycles. The van der Waals surface area contributed by atoms with E-state index in [2.05, 4.69) is 30.3 Å². The molecule has 62 valence electrons. The molecule has 0 spiro atoms. The van der Waals surface area contributed by atoms with Gasteiger partial charge in [-0.2, -0.15) is 0 Å². The zero-order valence-electron chi connectivity index (χ0n) is 7.54. The molecule has 0 saturated heterocycles. The van der Waals surface area contributed by atoms with E-state index in [1.807, 2.05) is 12.4 Å². The first-order valence-electron chi connectivity index (χ1n) is 4.24. The molecule has 0 bridgehead atoms. The van der Waals surface area contributed by atoms with Gasteiger partial charge in [-0.25, -0.2) is 4.98 Å². The van der Waals surface area contributed by atoms with Crippen molar-refractivity contribution < 1.29 is 0 Å². The summed E-state index contributed by atoms with van der Waals surface area (Å²) in [7, 11) is 0. The Bertz CT molecular complexity index is 213. The Morgan fingerprint density at radius 1 is 1.55 bits per heavy atom. The number of rotatable bonds is 3. The minimum absolute atomic E-state index is 0.697. The van der Waals surface area contributed by atoms with Gasteiger partial charge in [0, 0.05) is 25.4 Å². The SMILES string of the molecule is CCn1ccnc1CC(C)C. The Balaban J connectivity index is 2.68. The molecule has 0 radical (unpaired) electrons. The average molecular weight is 152 g/mol. The lowest BCUT2D eigenvalue weighted by Crippen LogP contribution is -2.04. The summed E-state index contributed by atoms with van der Waals surface area (Å²) in [6, 6.07) is 0. The van der Waals surface area contributed by atoms with Crippen molar-refractivity contribution in [3.8, 4) is 0 Å². The standard InChI is InChI=1S/C9H16N2/c1-4-11-6-5-10-9(11)7-8(2)3/h5-6,8H,4,7H2,1-3H3. The van der Waals surface area contributed by atoms with Gasteiger partial charge in [0.15, 0.2) is 0 Å². The van der Waals surface area contributed by atoms with E-state index in [-0.39, 0.29) is 0 Å². The minimum Gasteiger partial charge on any atom is -0.335 e.